The third-order valence-corrected chi connectivity index (χ3v) is 5.47. The Morgan fingerprint density at radius 1 is 1.10 bits per heavy atom. The molecule has 168 valence electrons. The van der Waals surface area contributed by atoms with E-state index in [2.05, 4.69) is 15.6 Å². The van der Waals surface area contributed by atoms with Crippen molar-refractivity contribution in [1.29, 1.82) is 0 Å². The molecule has 3 N–H and O–H groups in total. The van der Waals surface area contributed by atoms with Gasteiger partial charge in [-0.2, -0.15) is 0 Å². The van der Waals surface area contributed by atoms with Crippen LogP contribution in [0.3, 0.4) is 0 Å². The Kier molecular flexibility index (Phi) is 6.79. The number of aromatic nitrogens is 1. The molecule has 1 aliphatic rings. The fourth-order valence-corrected chi connectivity index (χ4v) is 4.00. The number of ether oxygens (including phenoxy) is 2. The highest BCUT2D eigenvalue weighted by Crippen LogP contribution is 2.27. The van der Waals surface area contributed by atoms with E-state index in [9.17, 15) is 14.4 Å². The molecular weight excluding hydrogens is 422 g/mol. The van der Waals surface area contributed by atoms with Gasteiger partial charge in [-0.1, -0.05) is 11.6 Å². The number of hydrogen-bond acceptors (Lipinski definition) is 5. The summed E-state index contributed by atoms with van der Waals surface area (Å²) in [7, 11) is 1.34. The van der Waals surface area contributed by atoms with Crippen LogP contribution in [0.15, 0.2) is 24.3 Å². The van der Waals surface area contributed by atoms with E-state index in [-0.39, 0.29) is 23.8 Å². The van der Waals surface area contributed by atoms with Crippen LogP contribution in [0.4, 0.5) is 4.79 Å². The molecule has 0 radical (unpaired) electrons. The standard InChI is InChI=1S/C22H28ClN3O5/c1-22(2,3)31-21(29)26-16-7-5-12(20(28)30-4)10-17(16)25-19(27)18-11-13-9-14(23)6-8-15(13)24-18/h6,8-9,11-12,16-17,24H,5,7,10H2,1-4H3,(H,25,27)(H,26,29). The zero-order valence-electron chi connectivity index (χ0n) is 18.1. The first-order chi connectivity index (χ1) is 14.6. The second-order valence-electron chi connectivity index (χ2n) is 8.78. The normalized spacial score (nSPS) is 21.4. The number of halogens is 1. The summed E-state index contributed by atoms with van der Waals surface area (Å²) in [6, 6.07) is 6.19. The Morgan fingerprint density at radius 3 is 2.52 bits per heavy atom. The summed E-state index contributed by atoms with van der Waals surface area (Å²) in [6.07, 6.45) is 0.843. The fourth-order valence-electron chi connectivity index (χ4n) is 3.81. The summed E-state index contributed by atoms with van der Waals surface area (Å²) in [5, 5.41) is 7.19. The van der Waals surface area contributed by atoms with Gasteiger partial charge in [0.05, 0.1) is 25.1 Å². The molecule has 1 aromatic heterocycles. The lowest BCUT2D eigenvalue weighted by Gasteiger charge is -2.36. The second kappa shape index (κ2) is 9.18. The van der Waals surface area contributed by atoms with Gasteiger partial charge < -0.3 is 25.1 Å². The Labute approximate surface area is 186 Å². The molecule has 1 fully saturated rings. The number of carbonyl (C=O) groups excluding carboxylic acids is 3. The lowest BCUT2D eigenvalue weighted by Crippen LogP contribution is -2.56. The third kappa shape index (κ3) is 5.91. The van der Waals surface area contributed by atoms with Gasteiger partial charge in [0.1, 0.15) is 11.3 Å². The number of H-pyrrole nitrogens is 1. The van der Waals surface area contributed by atoms with Crippen LogP contribution in [0.2, 0.25) is 5.02 Å². The predicted molar refractivity (Wildman–Crippen MR) is 117 cm³/mol. The van der Waals surface area contributed by atoms with Gasteiger partial charge in [0.2, 0.25) is 0 Å². The Bertz CT molecular complexity index is 981. The first-order valence-corrected chi connectivity index (χ1v) is 10.6. The number of esters is 1. The summed E-state index contributed by atoms with van der Waals surface area (Å²) in [5.41, 5.74) is 0.514. The highest BCUT2D eigenvalue weighted by Gasteiger charge is 2.37. The molecule has 0 saturated heterocycles. The third-order valence-electron chi connectivity index (χ3n) is 5.23. The van der Waals surface area contributed by atoms with Crippen LogP contribution >= 0.6 is 11.6 Å². The maximum Gasteiger partial charge on any atom is 0.407 e. The van der Waals surface area contributed by atoms with Crippen LogP contribution in [0.5, 0.6) is 0 Å². The largest absolute Gasteiger partial charge is 0.469 e. The van der Waals surface area contributed by atoms with Gasteiger partial charge in [0.25, 0.3) is 5.91 Å². The summed E-state index contributed by atoms with van der Waals surface area (Å²) >= 11 is 6.03. The number of fused-ring (bicyclic) bond motifs is 1. The number of methoxy groups -OCH3 is 1. The number of benzene rings is 1. The maximum atomic E-state index is 12.9. The molecule has 9 heteroatoms. The molecule has 1 heterocycles. The molecule has 0 aliphatic heterocycles. The molecule has 8 nitrogen and oxygen atoms in total. The van der Waals surface area contributed by atoms with E-state index in [0.29, 0.717) is 30.0 Å². The van der Waals surface area contributed by atoms with Crippen LogP contribution in [0.25, 0.3) is 10.9 Å². The lowest BCUT2D eigenvalue weighted by atomic mass is 9.82. The van der Waals surface area contributed by atoms with Crippen LogP contribution in [-0.4, -0.2) is 47.7 Å². The summed E-state index contributed by atoms with van der Waals surface area (Å²) in [6.45, 7) is 5.34. The van der Waals surface area contributed by atoms with E-state index in [0.717, 1.165) is 10.9 Å². The van der Waals surface area contributed by atoms with Gasteiger partial charge in [0.15, 0.2) is 0 Å². The minimum absolute atomic E-state index is 0.324. The molecule has 31 heavy (non-hydrogen) atoms. The molecule has 3 rings (SSSR count). The van der Waals surface area contributed by atoms with Gasteiger partial charge in [-0.3, -0.25) is 9.59 Å². The molecule has 0 bridgehead atoms. The van der Waals surface area contributed by atoms with Crippen molar-refractivity contribution in [3.05, 3.63) is 35.0 Å². The molecule has 2 aromatic rings. The van der Waals surface area contributed by atoms with Gasteiger partial charge in [-0.25, -0.2) is 4.79 Å². The van der Waals surface area contributed by atoms with Crippen molar-refractivity contribution in [2.24, 2.45) is 5.92 Å². The summed E-state index contributed by atoms with van der Waals surface area (Å²) in [4.78, 5) is 40.4. The van der Waals surface area contributed by atoms with Gasteiger partial charge in [-0.05, 0) is 64.3 Å². The summed E-state index contributed by atoms with van der Waals surface area (Å²) in [5.74, 6) is -1.01. The SMILES string of the molecule is COC(=O)C1CCC(NC(=O)OC(C)(C)C)C(NC(=O)c2cc3cc(Cl)ccc3[nH]2)C1. The number of hydrogen-bond donors (Lipinski definition) is 3. The Morgan fingerprint density at radius 2 is 1.84 bits per heavy atom. The zero-order chi connectivity index (χ0) is 22.8. The maximum absolute atomic E-state index is 12.9. The van der Waals surface area contributed by atoms with Gasteiger partial charge in [-0.15, -0.1) is 0 Å². The van der Waals surface area contributed by atoms with E-state index in [1.807, 2.05) is 0 Å². The topological polar surface area (TPSA) is 110 Å². The second-order valence-corrected chi connectivity index (χ2v) is 9.22. The summed E-state index contributed by atoms with van der Waals surface area (Å²) < 4.78 is 10.2. The van der Waals surface area contributed by atoms with E-state index in [1.165, 1.54) is 7.11 Å². The molecule has 1 aliphatic carbocycles. The van der Waals surface area contributed by atoms with E-state index in [4.69, 9.17) is 21.1 Å². The monoisotopic (exact) mass is 449 g/mol. The van der Waals surface area contributed by atoms with E-state index in [1.54, 1.807) is 45.0 Å². The smallest absolute Gasteiger partial charge is 0.407 e. The average molecular weight is 450 g/mol. The van der Waals surface area contributed by atoms with Crippen LogP contribution in [0.1, 0.15) is 50.5 Å². The van der Waals surface area contributed by atoms with Crippen molar-refractivity contribution in [1.82, 2.24) is 15.6 Å². The lowest BCUT2D eigenvalue weighted by molar-refractivity contribution is -0.146. The number of amides is 2. The quantitative estimate of drug-likeness (QED) is 0.615. The van der Waals surface area contributed by atoms with Crippen molar-refractivity contribution in [3.63, 3.8) is 0 Å². The van der Waals surface area contributed by atoms with Gasteiger partial charge >= 0.3 is 12.1 Å². The van der Waals surface area contributed by atoms with Crippen molar-refractivity contribution >= 4 is 40.5 Å². The molecule has 3 atom stereocenters. The first-order valence-electron chi connectivity index (χ1n) is 10.2. The number of nitrogens with one attached hydrogen (secondary N) is 3. The van der Waals surface area contributed by atoms with E-state index >= 15 is 0 Å². The Hall–Kier alpha value is -2.74. The van der Waals surface area contributed by atoms with Crippen LogP contribution in [-0.2, 0) is 14.3 Å². The fraction of sp³-hybridized carbons (Fsp3) is 0.500. The highest BCUT2D eigenvalue weighted by atomic mass is 35.5. The van der Waals surface area contributed by atoms with Crippen molar-refractivity contribution < 1.29 is 23.9 Å². The van der Waals surface area contributed by atoms with Crippen molar-refractivity contribution in [2.45, 2.75) is 57.7 Å². The molecule has 1 aromatic carbocycles. The zero-order valence-corrected chi connectivity index (χ0v) is 18.8. The number of alkyl carbamates (subject to hydrolysis) is 1. The van der Waals surface area contributed by atoms with Crippen molar-refractivity contribution in [3.8, 4) is 0 Å². The number of carbonyl (C=O) groups is 3. The molecule has 1 saturated carbocycles. The minimum atomic E-state index is -0.641. The van der Waals surface area contributed by atoms with Gasteiger partial charge in [0, 0.05) is 15.9 Å². The average Bonchev–Trinajstić information content (AvgIpc) is 3.10. The minimum Gasteiger partial charge on any atom is -0.469 e. The molecule has 0 spiro atoms. The molecular formula is C22H28ClN3O5. The Balaban J connectivity index is 1.76. The van der Waals surface area contributed by atoms with Crippen LogP contribution in [0, 0.1) is 5.92 Å². The van der Waals surface area contributed by atoms with Crippen LogP contribution < -0.4 is 10.6 Å². The number of rotatable bonds is 4. The number of aromatic amines is 1. The molecule has 2 amide bonds. The molecule has 3 unspecified atom stereocenters. The highest BCUT2D eigenvalue weighted by molar-refractivity contribution is 6.31. The first kappa shape index (κ1) is 22.9. The van der Waals surface area contributed by atoms with E-state index < -0.39 is 17.7 Å². The van der Waals surface area contributed by atoms with Crippen molar-refractivity contribution in [2.75, 3.05) is 7.11 Å². The predicted octanol–water partition coefficient (Wildman–Crippen LogP) is 3.79.